The lowest BCUT2D eigenvalue weighted by Crippen LogP contribution is -2.51. The van der Waals surface area contributed by atoms with Gasteiger partial charge in [-0.3, -0.25) is 9.69 Å². The first-order valence-corrected chi connectivity index (χ1v) is 10.3. The van der Waals surface area contributed by atoms with E-state index in [2.05, 4.69) is 4.90 Å². The number of methoxy groups -OCH3 is 1. The zero-order valence-corrected chi connectivity index (χ0v) is 17.5. The number of nitrogens with zero attached hydrogens (tertiary/aromatic N) is 3. The van der Waals surface area contributed by atoms with Gasteiger partial charge in [0.15, 0.2) is 0 Å². The maximum absolute atomic E-state index is 12.9. The number of hydrogen-bond acceptors (Lipinski definition) is 5. The van der Waals surface area contributed by atoms with Gasteiger partial charge in [0.1, 0.15) is 18.9 Å². The lowest BCUT2D eigenvalue weighted by molar-refractivity contribution is -0.132. The molecular weight excluding hydrogens is 406 g/mol. The van der Waals surface area contributed by atoms with Gasteiger partial charge in [-0.2, -0.15) is 0 Å². The quantitative estimate of drug-likeness (QED) is 0.730. The normalized spacial score (nSPS) is 19.1. The minimum absolute atomic E-state index is 0.0210. The molecule has 2 fully saturated rings. The first-order valence-electron chi connectivity index (χ1n) is 9.91. The van der Waals surface area contributed by atoms with E-state index in [1.165, 1.54) is 4.90 Å². The summed E-state index contributed by atoms with van der Waals surface area (Å²) in [6, 6.07) is 15.1. The van der Waals surface area contributed by atoms with Gasteiger partial charge in [-0.05, 0) is 17.7 Å². The third kappa shape index (κ3) is 4.16. The molecule has 2 heterocycles. The molecule has 1 atom stereocenters. The minimum Gasteiger partial charge on any atom is -0.495 e. The molecule has 8 heteroatoms. The van der Waals surface area contributed by atoms with Crippen LogP contribution in [0.3, 0.4) is 0 Å². The van der Waals surface area contributed by atoms with E-state index in [4.69, 9.17) is 21.1 Å². The Balaban J connectivity index is 1.37. The van der Waals surface area contributed by atoms with Crippen LogP contribution in [-0.2, 0) is 9.53 Å². The predicted octanol–water partition coefficient (Wildman–Crippen LogP) is 3.19. The Bertz CT molecular complexity index is 916. The number of anilines is 1. The SMILES string of the molecule is COc1cc(N2CCN(C(=O)CN3C(=O)OCC3c3ccccc3)CC2)ccc1Cl. The molecule has 1 unspecified atom stereocenters. The van der Waals surface area contributed by atoms with Crippen LogP contribution >= 0.6 is 11.6 Å². The van der Waals surface area contributed by atoms with Gasteiger partial charge in [-0.1, -0.05) is 41.9 Å². The number of halogens is 1. The summed E-state index contributed by atoms with van der Waals surface area (Å²) < 4.78 is 10.5. The smallest absolute Gasteiger partial charge is 0.410 e. The first-order chi connectivity index (χ1) is 14.6. The van der Waals surface area contributed by atoms with E-state index >= 15 is 0 Å². The molecule has 2 saturated heterocycles. The van der Waals surface area contributed by atoms with Crippen molar-refractivity contribution in [3.8, 4) is 5.75 Å². The number of carbonyl (C=O) groups excluding carboxylic acids is 2. The summed E-state index contributed by atoms with van der Waals surface area (Å²) in [5, 5.41) is 0.570. The fraction of sp³-hybridized carbons (Fsp3) is 0.364. The van der Waals surface area contributed by atoms with Crippen molar-refractivity contribution in [3.05, 3.63) is 59.1 Å². The fourth-order valence-corrected chi connectivity index (χ4v) is 4.08. The topological polar surface area (TPSA) is 62.3 Å². The molecule has 7 nitrogen and oxygen atoms in total. The second-order valence-corrected chi connectivity index (χ2v) is 7.73. The zero-order valence-electron chi connectivity index (χ0n) is 16.8. The minimum atomic E-state index is -0.441. The fourth-order valence-electron chi connectivity index (χ4n) is 3.88. The van der Waals surface area contributed by atoms with Crippen molar-refractivity contribution >= 4 is 29.3 Å². The average molecular weight is 430 g/mol. The van der Waals surface area contributed by atoms with Gasteiger partial charge in [0.25, 0.3) is 0 Å². The largest absolute Gasteiger partial charge is 0.495 e. The monoisotopic (exact) mass is 429 g/mol. The van der Waals surface area contributed by atoms with Crippen molar-refractivity contribution in [2.24, 2.45) is 0 Å². The van der Waals surface area contributed by atoms with Crippen LogP contribution in [0.1, 0.15) is 11.6 Å². The van der Waals surface area contributed by atoms with Crippen LogP contribution in [-0.4, -0.2) is 68.2 Å². The van der Waals surface area contributed by atoms with E-state index in [-0.39, 0.29) is 25.1 Å². The molecule has 4 rings (SSSR count). The first kappa shape index (κ1) is 20.3. The molecule has 0 aromatic heterocycles. The molecule has 2 aromatic carbocycles. The number of rotatable bonds is 5. The van der Waals surface area contributed by atoms with E-state index in [1.807, 2.05) is 48.5 Å². The van der Waals surface area contributed by atoms with Crippen molar-refractivity contribution in [2.45, 2.75) is 6.04 Å². The molecule has 0 N–H and O–H groups in total. The van der Waals surface area contributed by atoms with E-state index in [0.717, 1.165) is 11.3 Å². The van der Waals surface area contributed by atoms with Crippen LogP contribution < -0.4 is 9.64 Å². The number of piperazine rings is 1. The Hall–Kier alpha value is -2.93. The molecular formula is C22H24ClN3O4. The molecule has 0 spiro atoms. The average Bonchev–Trinajstić information content (AvgIpc) is 3.15. The summed E-state index contributed by atoms with van der Waals surface area (Å²) in [5.74, 6) is 0.565. The maximum Gasteiger partial charge on any atom is 0.410 e. The molecule has 0 saturated carbocycles. The third-order valence-electron chi connectivity index (χ3n) is 5.60. The van der Waals surface area contributed by atoms with Crippen LogP contribution in [0.4, 0.5) is 10.5 Å². The lowest BCUT2D eigenvalue weighted by Gasteiger charge is -2.37. The van der Waals surface area contributed by atoms with Crippen molar-refractivity contribution in [1.82, 2.24) is 9.80 Å². The molecule has 2 aromatic rings. The number of hydrogen-bond donors (Lipinski definition) is 0. The molecule has 0 aliphatic carbocycles. The Morgan fingerprint density at radius 3 is 2.57 bits per heavy atom. The molecule has 2 amide bonds. The standard InChI is InChI=1S/C22H24ClN3O4/c1-29-20-13-17(7-8-18(20)23)24-9-11-25(12-10-24)21(27)14-26-19(15-30-22(26)28)16-5-3-2-4-6-16/h2-8,13,19H,9-12,14-15H2,1H3. The van der Waals surface area contributed by atoms with Gasteiger partial charge < -0.3 is 19.3 Å². The Morgan fingerprint density at radius 2 is 1.87 bits per heavy atom. The summed E-state index contributed by atoms with van der Waals surface area (Å²) in [4.78, 5) is 30.6. The molecule has 2 aliphatic heterocycles. The highest BCUT2D eigenvalue weighted by molar-refractivity contribution is 6.32. The van der Waals surface area contributed by atoms with Gasteiger partial charge >= 0.3 is 6.09 Å². The van der Waals surface area contributed by atoms with Crippen molar-refractivity contribution in [1.29, 1.82) is 0 Å². The third-order valence-corrected chi connectivity index (χ3v) is 5.91. The van der Waals surface area contributed by atoms with Crippen LogP contribution in [0, 0.1) is 0 Å². The van der Waals surface area contributed by atoms with Crippen molar-refractivity contribution in [2.75, 3.05) is 51.3 Å². The Morgan fingerprint density at radius 1 is 1.13 bits per heavy atom. The van der Waals surface area contributed by atoms with E-state index in [0.29, 0.717) is 37.0 Å². The van der Waals surface area contributed by atoms with Crippen LogP contribution in [0.5, 0.6) is 5.75 Å². The number of ether oxygens (including phenoxy) is 2. The maximum atomic E-state index is 12.9. The highest BCUT2D eigenvalue weighted by Gasteiger charge is 2.36. The summed E-state index contributed by atoms with van der Waals surface area (Å²) in [7, 11) is 1.59. The second-order valence-electron chi connectivity index (χ2n) is 7.32. The zero-order chi connectivity index (χ0) is 21.1. The van der Waals surface area contributed by atoms with Crippen molar-refractivity contribution in [3.63, 3.8) is 0 Å². The van der Waals surface area contributed by atoms with Crippen molar-refractivity contribution < 1.29 is 19.1 Å². The predicted molar refractivity (Wildman–Crippen MR) is 114 cm³/mol. The summed E-state index contributed by atoms with van der Waals surface area (Å²) in [6.45, 7) is 2.85. The summed E-state index contributed by atoms with van der Waals surface area (Å²) >= 11 is 6.11. The van der Waals surface area contributed by atoms with Gasteiger partial charge in [-0.15, -0.1) is 0 Å². The molecule has 0 radical (unpaired) electrons. The van der Waals surface area contributed by atoms with Gasteiger partial charge in [-0.25, -0.2) is 4.79 Å². The van der Waals surface area contributed by atoms with E-state index in [1.54, 1.807) is 12.0 Å². The second kappa shape index (κ2) is 8.83. The van der Waals surface area contributed by atoms with Gasteiger partial charge in [0.2, 0.25) is 5.91 Å². The molecule has 2 aliphatic rings. The van der Waals surface area contributed by atoms with E-state index < -0.39 is 6.09 Å². The number of cyclic esters (lactones) is 1. The molecule has 158 valence electrons. The Labute approximate surface area is 180 Å². The van der Waals surface area contributed by atoms with E-state index in [9.17, 15) is 9.59 Å². The van der Waals surface area contributed by atoms with Gasteiger partial charge in [0.05, 0.1) is 18.2 Å². The summed E-state index contributed by atoms with van der Waals surface area (Å²) in [5.41, 5.74) is 1.98. The lowest BCUT2D eigenvalue weighted by atomic mass is 10.1. The van der Waals surface area contributed by atoms with Crippen LogP contribution in [0.2, 0.25) is 5.02 Å². The molecule has 30 heavy (non-hydrogen) atoms. The van der Waals surface area contributed by atoms with Gasteiger partial charge in [0, 0.05) is 37.9 Å². The molecule has 0 bridgehead atoms. The Kier molecular flexibility index (Phi) is 5.99. The van der Waals surface area contributed by atoms with Crippen LogP contribution in [0.15, 0.2) is 48.5 Å². The summed E-state index contributed by atoms with van der Waals surface area (Å²) in [6.07, 6.45) is -0.441. The number of benzene rings is 2. The van der Waals surface area contributed by atoms with Crippen LogP contribution in [0.25, 0.3) is 0 Å². The number of amides is 2. The number of carbonyl (C=O) groups is 2. The highest BCUT2D eigenvalue weighted by atomic mass is 35.5. The highest BCUT2D eigenvalue weighted by Crippen LogP contribution is 2.30.